The minimum atomic E-state index is -3.13. The molecule has 14 heavy (non-hydrogen) atoms. The van der Waals surface area contributed by atoms with Gasteiger partial charge in [-0.1, -0.05) is 0 Å². The second kappa shape index (κ2) is 4.02. The van der Waals surface area contributed by atoms with Crippen LogP contribution in [0.25, 0.3) is 0 Å². The van der Waals surface area contributed by atoms with Crippen LogP contribution >= 0.6 is 0 Å². The highest BCUT2D eigenvalue weighted by atomic mass is 32.2. The van der Waals surface area contributed by atoms with Gasteiger partial charge in [-0.25, -0.2) is 18.4 Å². The molecule has 2 N–H and O–H groups in total. The quantitative estimate of drug-likeness (QED) is 0.769. The Balaban J connectivity index is 2.98. The SMILES string of the molecule is CC(c1ncc(CN)cn1)S(C)(=O)=O. The van der Waals surface area contributed by atoms with E-state index >= 15 is 0 Å². The molecule has 0 aliphatic heterocycles. The summed E-state index contributed by atoms with van der Waals surface area (Å²) in [6.45, 7) is 1.92. The molecule has 6 heteroatoms. The van der Waals surface area contributed by atoms with Gasteiger partial charge in [0.2, 0.25) is 0 Å². The van der Waals surface area contributed by atoms with Crippen molar-refractivity contribution in [1.29, 1.82) is 0 Å². The molecule has 0 aliphatic carbocycles. The Kier molecular flexibility index (Phi) is 3.17. The lowest BCUT2D eigenvalue weighted by molar-refractivity contribution is 0.589. The Hall–Kier alpha value is -1.01. The third-order valence-electron chi connectivity index (χ3n) is 1.97. The number of sulfone groups is 1. The summed E-state index contributed by atoms with van der Waals surface area (Å²) in [5, 5.41) is -0.672. The summed E-state index contributed by atoms with van der Waals surface area (Å²) in [7, 11) is -3.13. The van der Waals surface area contributed by atoms with E-state index in [2.05, 4.69) is 9.97 Å². The number of aromatic nitrogens is 2. The molecule has 1 atom stereocenters. The fraction of sp³-hybridized carbons (Fsp3) is 0.500. The Labute approximate surface area is 83.3 Å². The zero-order valence-corrected chi connectivity index (χ0v) is 8.95. The first-order valence-corrected chi connectivity index (χ1v) is 6.10. The van der Waals surface area contributed by atoms with Gasteiger partial charge in [0.05, 0.1) is 0 Å². The van der Waals surface area contributed by atoms with E-state index in [1.807, 2.05) is 0 Å². The first-order valence-electron chi connectivity index (χ1n) is 4.15. The molecule has 5 nitrogen and oxygen atoms in total. The first-order chi connectivity index (χ1) is 6.45. The molecule has 0 aromatic carbocycles. The van der Waals surface area contributed by atoms with Gasteiger partial charge in [-0.15, -0.1) is 0 Å². The van der Waals surface area contributed by atoms with Gasteiger partial charge < -0.3 is 5.73 Å². The van der Waals surface area contributed by atoms with Gasteiger partial charge in [0.1, 0.15) is 11.1 Å². The molecule has 0 radical (unpaired) electrons. The van der Waals surface area contributed by atoms with Gasteiger partial charge >= 0.3 is 0 Å². The van der Waals surface area contributed by atoms with Crippen molar-refractivity contribution in [3.8, 4) is 0 Å². The van der Waals surface area contributed by atoms with Crippen LogP contribution in [-0.2, 0) is 16.4 Å². The highest BCUT2D eigenvalue weighted by Gasteiger charge is 2.19. The zero-order valence-electron chi connectivity index (χ0n) is 8.14. The summed E-state index contributed by atoms with van der Waals surface area (Å²) < 4.78 is 22.4. The van der Waals surface area contributed by atoms with Gasteiger partial charge in [0.15, 0.2) is 9.84 Å². The molecule has 0 saturated heterocycles. The maximum Gasteiger partial charge on any atom is 0.157 e. The molecular formula is C8H13N3O2S. The Morgan fingerprint density at radius 3 is 2.29 bits per heavy atom. The van der Waals surface area contributed by atoms with E-state index < -0.39 is 15.1 Å². The maximum atomic E-state index is 11.2. The molecule has 1 unspecified atom stereocenters. The summed E-state index contributed by atoms with van der Waals surface area (Å²) in [5.74, 6) is 0.310. The topological polar surface area (TPSA) is 85.9 Å². The monoisotopic (exact) mass is 215 g/mol. The summed E-state index contributed by atoms with van der Waals surface area (Å²) in [6, 6.07) is 0. The molecule has 0 fully saturated rings. The van der Waals surface area contributed by atoms with Crippen LogP contribution in [0.2, 0.25) is 0 Å². The van der Waals surface area contributed by atoms with Crippen molar-refractivity contribution in [2.24, 2.45) is 5.73 Å². The molecule has 0 aliphatic rings. The Bertz CT molecular complexity index is 399. The van der Waals surface area contributed by atoms with Crippen molar-refractivity contribution in [2.45, 2.75) is 18.7 Å². The predicted molar refractivity (Wildman–Crippen MR) is 53.2 cm³/mol. The molecule has 1 aromatic heterocycles. The lowest BCUT2D eigenvalue weighted by Gasteiger charge is -2.07. The maximum absolute atomic E-state index is 11.2. The predicted octanol–water partition coefficient (Wildman–Crippen LogP) is 0.0409. The largest absolute Gasteiger partial charge is 0.326 e. The molecule has 1 heterocycles. The van der Waals surface area contributed by atoms with E-state index in [9.17, 15) is 8.42 Å². The standard InChI is InChI=1S/C8H13N3O2S/c1-6(14(2,12)13)8-10-4-7(3-9)5-11-8/h4-6H,3,9H2,1-2H3. The highest BCUT2D eigenvalue weighted by molar-refractivity contribution is 7.90. The molecular weight excluding hydrogens is 202 g/mol. The van der Waals surface area contributed by atoms with E-state index in [1.54, 1.807) is 19.3 Å². The van der Waals surface area contributed by atoms with Crippen LogP contribution in [0.15, 0.2) is 12.4 Å². The summed E-state index contributed by atoms with van der Waals surface area (Å²) >= 11 is 0. The average Bonchev–Trinajstić information content (AvgIpc) is 2.15. The van der Waals surface area contributed by atoms with Gasteiger partial charge in [-0.3, -0.25) is 0 Å². The normalized spacial score (nSPS) is 13.9. The van der Waals surface area contributed by atoms with E-state index in [-0.39, 0.29) is 0 Å². The number of hydrogen-bond acceptors (Lipinski definition) is 5. The second-order valence-corrected chi connectivity index (χ2v) is 5.49. The zero-order chi connectivity index (χ0) is 10.8. The minimum absolute atomic E-state index is 0.310. The first kappa shape index (κ1) is 11.1. The smallest absolute Gasteiger partial charge is 0.157 e. The van der Waals surface area contributed by atoms with Crippen LogP contribution in [0.1, 0.15) is 23.6 Å². The van der Waals surface area contributed by atoms with Crippen molar-refractivity contribution in [1.82, 2.24) is 9.97 Å². The molecule has 0 saturated carbocycles. The lowest BCUT2D eigenvalue weighted by Crippen LogP contribution is -2.12. The van der Waals surface area contributed by atoms with Crippen LogP contribution in [0, 0.1) is 0 Å². The Morgan fingerprint density at radius 1 is 1.43 bits per heavy atom. The second-order valence-electron chi connectivity index (χ2n) is 3.13. The van der Waals surface area contributed by atoms with Gasteiger partial charge in [-0.2, -0.15) is 0 Å². The highest BCUT2D eigenvalue weighted by Crippen LogP contribution is 2.15. The molecule has 0 spiro atoms. The third kappa shape index (κ3) is 2.49. The average molecular weight is 215 g/mol. The number of rotatable bonds is 3. The fourth-order valence-corrected chi connectivity index (χ4v) is 1.38. The molecule has 0 bridgehead atoms. The number of nitrogens with zero attached hydrogens (tertiary/aromatic N) is 2. The van der Waals surface area contributed by atoms with Crippen molar-refractivity contribution >= 4 is 9.84 Å². The summed E-state index contributed by atoms with van der Waals surface area (Å²) in [4.78, 5) is 7.89. The van der Waals surface area contributed by atoms with Crippen molar-refractivity contribution in [3.63, 3.8) is 0 Å². The fourth-order valence-electron chi connectivity index (χ4n) is 0.872. The number of hydrogen-bond donors (Lipinski definition) is 1. The van der Waals surface area contributed by atoms with Crippen LogP contribution in [0.4, 0.5) is 0 Å². The number of nitrogens with two attached hydrogens (primary N) is 1. The molecule has 0 amide bonds. The van der Waals surface area contributed by atoms with Gasteiger partial charge in [-0.05, 0) is 6.92 Å². The third-order valence-corrected chi connectivity index (χ3v) is 3.46. The molecule has 78 valence electrons. The Morgan fingerprint density at radius 2 is 1.93 bits per heavy atom. The van der Waals surface area contributed by atoms with E-state index in [0.29, 0.717) is 12.4 Å². The van der Waals surface area contributed by atoms with E-state index in [4.69, 9.17) is 5.73 Å². The molecule has 1 rings (SSSR count). The van der Waals surface area contributed by atoms with Crippen LogP contribution in [0.5, 0.6) is 0 Å². The van der Waals surface area contributed by atoms with Gasteiger partial charge in [0, 0.05) is 30.8 Å². The van der Waals surface area contributed by atoms with E-state index in [0.717, 1.165) is 11.8 Å². The van der Waals surface area contributed by atoms with Crippen LogP contribution in [-0.4, -0.2) is 24.6 Å². The summed E-state index contributed by atoms with van der Waals surface area (Å²) in [5.41, 5.74) is 6.15. The minimum Gasteiger partial charge on any atom is -0.326 e. The van der Waals surface area contributed by atoms with Crippen molar-refractivity contribution < 1.29 is 8.42 Å². The lowest BCUT2D eigenvalue weighted by atomic mass is 10.3. The molecule has 1 aromatic rings. The van der Waals surface area contributed by atoms with Gasteiger partial charge in [0.25, 0.3) is 0 Å². The van der Waals surface area contributed by atoms with Crippen LogP contribution < -0.4 is 5.73 Å². The van der Waals surface area contributed by atoms with Crippen LogP contribution in [0.3, 0.4) is 0 Å². The van der Waals surface area contributed by atoms with E-state index in [1.165, 1.54) is 0 Å². The van der Waals surface area contributed by atoms with Crippen molar-refractivity contribution in [3.05, 3.63) is 23.8 Å². The van der Waals surface area contributed by atoms with Crippen molar-refractivity contribution in [2.75, 3.05) is 6.26 Å². The summed E-state index contributed by atoms with van der Waals surface area (Å²) in [6.07, 6.45) is 4.26.